The lowest BCUT2D eigenvalue weighted by Gasteiger charge is -2.11. The molecular weight excluding hydrogens is 498 g/mol. The molecule has 0 radical (unpaired) electrons. The number of hydrazone groups is 1. The van der Waals surface area contributed by atoms with E-state index < -0.39 is 28.4 Å². The minimum Gasteiger partial charge on any atom is -0.494 e. The van der Waals surface area contributed by atoms with Gasteiger partial charge in [0.15, 0.2) is 11.5 Å². The van der Waals surface area contributed by atoms with Crippen LogP contribution in [0.25, 0.3) is 0 Å². The molecule has 0 aliphatic rings. The Balaban J connectivity index is 1.59. The number of nitrogens with zero attached hydrogens (tertiary/aromatic N) is 1. The molecule has 3 aromatic rings. The van der Waals surface area contributed by atoms with Crippen LogP contribution >= 0.6 is 0 Å². The normalized spacial score (nSPS) is 11.2. The zero-order valence-corrected chi connectivity index (χ0v) is 21.2. The van der Waals surface area contributed by atoms with Crippen LogP contribution in [0.3, 0.4) is 0 Å². The molecule has 0 saturated carbocycles. The van der Waals surface area contributed by atoms with E-state index in [0.29, 0.717) is 35.8 Å². The summed E-state index contributed by atoms with van der Waals surface area (Å²) < 4.78 is 43.0. The van der Waals surface area contributed by atoms with Gasteiger partial charge in [-0.15, -0.1) is 0 Å². The van der Waals surface area contributed by atoms with Crippen LogP contribution in [0.15, 0.2) is 82.8 Å². The van der Waals surface area contributed by atoms with Crippen LogP contribution in [-0.2, 0) is 14.8 Å². The van der Waals surface area contributed by atoms with Gasteiger partial charge in [0.25, 0.3) is 5.91 Å². The first-order valence-electron chi connectivity index (χ1n) is 11.4. The van der Waals surface area contributed by atoms with Crippen molar-refractivity contribution >= 4 is 28.1 Å². The molecule has 0 saturated heterocycles. The number of hydrogen-bond acceptors (Lipinski definition) is 8. The summed E-state index contributed by atoms with van der Waals surface area (Å²) in [5, 5.41) is 3.84. The topological polar surface area (TPSA) is 132 Å². The number of hydrogen-bond donors (Lipinski definition) is 2. The maximum absolute atomic E-state index is 12.6. The Labute approximate surface area is 215 Å². The van der Waals surface area contributed by atoms with Gasteiger partial charge in [0, 0.05) is 0 Å². The first-order valence-corrected chi connectivity index (χ1v) is 12.9. The van der Waals surface area contributed by atoms with Crippen molar-refractivity contribution in [2.24, 2.45) is 5.10 Å². The summed E-state index contributed by atoms with van der Waals surface area (Å²) in [5.41, 5.74) is 3.16. The Bertz CT molecular complexity index is 1340. The highest BCUT2D eigenvalue weighted by Gasteiger charge is 2.15. The standard InChI is InChI=1S/C26H27N3O7S/c1-3-34-21-13-11-20(12-14-21)26(31)36-23-15-10-19(16-24(23)35-4-2)17-27-29-25(30)18-28-37(32,33)22-8-6-5-7-9-22/h5-17,28H,3-4,18H2,1-2H3,(H,29,30)/b27-17-. The van der Waals surface area contributed by atoms with E-state index in [1.165, 1.54) is 18.3 Å². The fourth-order valence-electron chi connectivity index (χ4n) is 3.03. The maximum Gasteiger partial charge on any atom is 0.343 e. The molecule has 0 spiro atoms. The van der Waals surface area contributed by atoms with E-state index in [-0.39, 0.29) is 10.6 Å². The fraction of sp³-hybridized carbons (Fsp3) is 0.192. The summed E-state index contributed by atoms with van der Waals surface area (Å²) in [6, 6.07) is 19.1. The number of rotatable bonds is 12. The Hall–Kier alpha value is -4.22. The Morgan fingerprint density at radius 3 is 2.27 bits per heavy atom. The highest BCUT2D eigenvalue weighted by atomic mass is 32.2. The second-order valence-electron chi connectivity index (χ2n) is 7.42. The molecule has 0 unspecified atom stereocenters. The predicted molar refractivity (Wildman–Crippen MR) is 138 cm³/mol. The predicted octanol–water partition coefficient (Wildman–Crippen LogP) is 3.13. The van der Waals surface area contributed by atoms with Crippen molar-refractivity contribution in [1.82, 2.24) is 10.1 Å². The number of ether oxygens (including phenoxy) is 3. The van der Waals surface area contributed by atoms with Crippen LogP contribution in [0.2, 0.25) is 0 Å². The van der Waals surface area contributed by atoms with Crippen molar-refractivity contribution in [3.05, 3.63) is 83.9 Å². The third kappa shape index (κ3) is 8.16. The third-order valence-corrected chi connectivity index (χ3v) is 6.17. The molecule has 0 aromatic heterocycles. The second-order valence-corrected chi connectivity index (χ2v) is 9.18. The summed E-state index contributed by atoms with van der Waals surface area (Å²) in [4.78, 5) is 24.6. The van der Waals surface area contributed by atoms with Gasteiger partial charge in [0.2, 0.25) is 10.0 Å². The zero-order valence-electron chi connectivity index (χ0n) is 20.3. The van der Waals surface area contributed by atoms with Gasteiger partial charge in [-0.3, -0.25) is 4.79 Å². The molecule has 1 amide bonds. The van der Waals surface area contributed by atoms with E-state index in [4.69, 9.17) is 14.2 Å². The van der Waals surface area contributed by atoms with E-state index in [1.807, 2.05) is 6.92 Å². The Kier molecular flexibility index (Phi) is 9.76. The summed E-state index contributed by atoms with van der Waals surface area (Å²) in [7, 11) is -3.81. The van der Waals surface area contributed by atoms with Crippen LogP contribution in [0.4, 0.5) is 0 Å². The lowest BCUT2D eigenvalue weighted by molar-refractivity contribution is -0.119. The van der Waals surface area contributed by atoms with Crippen LogP contribution in [0, 0.1) is 0 Å². The second kappa shape index (κ2) is 13.2. The number of sulfonamides is 1. The molecule has 37 heavy (non-hydrogen) atoms. The largest absolute Gasteiger partial charge is 0.494 e. The van der Waals surface area contributed by atoms with Gasteiger partial charge in [0.05, 0.1) is 36.4 Å². The third-order valence-electron chi connectivity index (χ3n) is 4.75. The maximum atomic E-state index is 12.6. The minimum absolute atomic E-state index is 0.0538. The summed E-state index contributed by atoms with van der Waals surface area (Å²) in [6.45, 7) is 4.02. The minimum atomic E-state index is -3.81. The fourth-order valence-corrected chi connectivity index (χ4v) is 4.04. The number of esters is 1. The van der Waals surface area contributed by atoms with Gasteiger partial charge in [-0.05, 0) is 74.0 Å². The first kappa shape index (κ1) is 27.4. The molecule has 0 atom stereocenters. The van der Waals surface area contributed by atoms with E-state index in [1.54, 1.807) is 67.6 Å². The molecule has 2 N–H and O–H groups in total. The molecule has 3 aromatic carbocycles. The van der Waals surface area contributed by atoms with E-state index >= 15 is 0 Å². The summed E-state index contributed by atoms with van der Waals surface area (Å²) in [6.07, 6.45) is 1.35. The molecule has 0 bridgehead atoms. The van der Waals surface area contributed by atoms with E-state index in [0.717, 1.165) is 0 Å². The van der Waals surface area contributed by atoms with Crippen molar-refractivity contribution in [2.75, 3.05) is 19.8 Å². The highest BCUT2D eigenvalue weighted by molar-refractivity contribution is 7.89. The quantitative estimate of drug-likeness (QED) is 0.161. The average molecular weight is 526 g/mol. The lowest BCUT2D eigenvalue weighted by atomic mass is 10.2. The Morgan fingerprint density at radius 2 is 1.59 bits per heavy atom. The van der Waals surface area contributed by atoms with Gasteiger partial charge in [0.1, 0.15) is 5.75 Å². The molecule has 194 valence electrons. The van der Waals surface area contributed by atoms with Gasteiger partial charge < -0.3 is 14.2 Å². The van der Waals surface area contributed by atoms with Crippen molar-refractivity contribution in [2.45, 2.75) is 18.7 Å². The number of carbonyl (C=O) groups excluding carboxylic acids is 2. The van der Waals surface area contributed by atoms with Gasteiger partial charge in [-0.25, -0.2) is 23.4 Å². The number of nitrogens with one attached hydrogen (secondary N) is 2. The molecule has 0 heterocycles. The van der Waals surface area contributed by atoms with Crippen LogP contribution in [0.1, 0.15) is 29.8 Å². The first-order chi connectivity index (χ1) is 17.8. The molecule has 11 heteroatoms. The van der Waals surface area contributed by atoms with Gasteiger partial charge >= 0.3 is 5.97 Å². The molecule has 0 fully saturated rings. The van der Waals surface area contributed by atoms with Crippen molar-refractivity contribution in [3.8, 4) is 17.2 Å². The van der Waals surface area contributed by atoms with Crippen molar-refractivity contribution in [1.29, 1.82) is 0 Å². The van der Waals surface area contributed by atoms with Gasteiger partial charge in [-0.2, -0.15) is 5.10 Å². The number of amides is 1. The molecule has 0 aliphatic heterocycles. The van der Waals surface area contributed by atoms with Crippen LogP contribution < -0.4 is 24.4 Å². The van der Waals surface area contributed by atoms with Crippen LogP contribution in [0.5, 0.6) is 17.2 Å². The van der Waals surface area contributed by atoms with Crippen molar-refractivity contribution in [3.63, 3.8) is 0 Å². The van der Waals surface area contributed by atoms with Gasteiger partial charge in [-0.1, -0.05) is 18.2 Å². The SMILES string of the molecule is CCOc1ccc(C(=O)Oc2ccc(/C=N\NC(=O)CNS(=O)(=O)c3ccccc3)cc2OCC)cc1. The van der Waals surface area contributed by atoms with E-state index in [2.05, 4.69) is 15.2 Å². The monoisotopic (exact) mass is 525 g/mol. The number of carbonyl (C=O) groups is 2. The summed E-state index contributed by atoms with van der Waals surface area (Å²) in [5.74, 6) is -0.0272. The smallest absolute Gasteiger partial charge is 0.343 e. The van der Waals surface area contributed by atoms with Crippen molar-refractivity contribution < 1.29 is 32.2 Å². The molecule has 10 nitrogen and oxygen atoms in total. The molecule has 3 rings (SSSR count). The Morgan fingerprint density at radius 1 is 0.892 bits per heavy atom. The molecular formula is C26H27N3O7S. The zero-order chi connectivity index (χ0) is 26.7. The lowest BCUT2D eigenvalue weighted by Crippen LogP contribution is -2.34. The average Bonchev–Trinajstić information content (AvgIpc) is 2.90. The highest BCUT2D eigenvalue weighted by Crippen LogP contribution is 2.29. The summed E-state index contributed by atoms with van der Waals surface area (Å²) >= 11 is 0. The molecule has 0 aliphatic carbocycles. The number of benzene rings is 3. The van der Waals surface area contributed by atoms with Crippen LogP contribution in [-0.4, -0.2) is 46.3 Å². The van der Waals surface area contributed by atoms with E-state index in [9.17, 15) is 18.0 Å².